The lowest BCUT2D eigenvalue weighted by Gasteiger charge is -2.08. The van der Waals surface area contributed by atoms with Gasteiger partial charge in [0.15, 0.2) is 4.77 Å². The summed E-state index contributed by atoms with van der Waals surface area (Å²) >= 11 is 4.99. The summed E-state index contributed by atoms with van der Waals surface area (Å²) in [5.41, 5.74) is 2.28. The molecule has 0 radical (unpaired) electrons. The maximum atomic E-state index is 13.7. The number of benzene rings is 2. The number of aromatic nitrogens is 2. The minimum absolute atomic E-state index is 0.157. The third kappa shape index (κ3) is 3.58. The predicted octanol–water partition coefficient (Wildman–Crippen LogP) is 2.65. The van der Waals surface area contributed by atoms with Gasteiger partial charge in [-0.1, -0.05) is 12.1 Å². The van der Waals surface area contributed by atoms with Crippen LogP contribution in [-0.4, -0.2) is 28.8 Å². The molecule has 0 saturated carbocycles. The number of hydrogen-bond donors (Lipinski definition) is 4. The molecular formula is C17H15FN4O2S. The van der Waals surface area contributed by atoms with Gasteiger partial charge in [0.25, 0.3) is 11.8 Å². The van der Waals surface area contributed by atoms with Gasteiger partial charge in [-0.05, 0) is 42.0 Å². The highest BCUT2D eigenvalue weighted by Gasteiger charge is 2.14. The second-order valence-corrected chi connectivity index (χ2v) is 5.83. The molecule has 3 rings (SSSR count). The summed E-state index contributed by atoms with van der Waals surface area (Å²) in [6.45, 7) is 0.201. The third-order valence-corrected chi connectivity index (χ3v) is 3.91. The van der Waals surface area contributed by atoms with Crippen molar-refractivity contribution in [2.24, 2.45) is 0 Å². The Kier molecular flexibility index (Phi) is 4.62. The highest BCUT2D eigenvalue weighted by atomic mass is 32.1. The number of rotatable bonds is 4. The lowest BCUT2D eigenvalue weighted by atomic mass is 10.1. The molecule has 25 heavy (non-hydrogen) atoms. The van der Waals surface area contributed by atoms with Gasteiger partial charge >= 0.3 is 0 Å². The Balaban J connectivity index is 1.82. The number of fused-ring (bicyclic) bond motifs is 1. The molecule has 0 aliphatic heterocycles. The summed E-state index contributed by atoms with van der Waals surface area (Å²) in [4.78, 5) is 29.7. The highest BCUT2D eigenvalue weighted by Crippen LogP contribution is 2.18. The van der Waals surface area contributed by atoms with Crippen LogP contribution in [0.2, 0.25) is 0 Å². The molecule has 8 heteroatoms. The quantitative estimate of drug-likeness (QED) is 0.541. The average molecular weight is 358 g/mol. The molecule has 4 N–H and O–H groups in total. The summed E-state index contributed by atoms with van der Waals surface area (Å²) in [6.07, 6.45) is 0. The molecule has 0 spiro atoms. The molecule has 2 amide bonds. The minimum Gasteiger partial charge on any atom is -0.355 e. The fraction of sp³-hybridized carbons (Fsp3) is 0.118. The Bertz CT molecular complexity index is 1020. The second kappa shape index (κ2) is 6.86. The first-order valence-corrected chi connectivity index (χ1v) is 7.89. The minimum atomic E-state index is -0.537. The molecule has 0 unspecified atom stereocenters. The van der Waals surface area contributed by atoms with E-state index in [9.17, 15) is 14.0 Å². The van der Waals surface area contributed by atoms with Crippen LogP contribution in [0.1, 0.15) is 26.3 Å². The molecule has 0 aliphatic rings. The van der Waals surface area contributed by atoms with Crippen LogP contribution in [0.25, 0.3) is 11.0 Å². The molecule has 2 aromatic carbocycles. The third-order valence-electron chi connectivity index (χ3n) is 3.70. The lowest BCUT2D eigenvalue weighted by Crippen LogP contribution is -2.24. The standard InChI is InChI=1S/C17H15FN4O2S/c1-19-15(23)10-4-2-3-9(5-10)8-20-16(24)12-6-11(18)7-13-14(12)22-17(25)21-13/h2-7H,8H2,1H3,(H,19,23)(H,20,24)(H2,21,22,25). The van der Waals surface area contributed by atoms with Gasteiger partial charge in [0.1, 0.15) is 5.82 Å². The number of carbonyl (C=O) groups excluding carboxylic acids is 2. The van der Waals surface area contributed by atoms with Crippen molar-refractivity contribution in [1.29, 1.82) is 0 Å². The molecule has 0 aliphatic carbocycles. The van der Waals surface area contributed by atoms with Gasteiger partial charge in [0, 0.05) is 19.2 Å². The zero-order chi connectivity index (χ0) is 18.0. The Hall–Kier alpha value is -3.00. The zero-order valence-electron chi connectivity index (χ0n) is 13.3. The van der Waals surface area contributed by atoms with Crippen LogP contribution in [0.4, 0.5) is 4.39 Å². The van der Waals surface area contributed by atoms with Crippen molar-refractivity contribution < 1.29 is 14.0 Å². The van der Waals surface area contributed by atoms with Crippen molar-refractivity contribution >= 4 is 35.1 Å². The molecule has 0 fully saturated rings. The first-order chi connectivity index (χ1) is 12.0. The maximum absolute atomic E-state index is 13.7. The zero-order valence-corrected chi connectivity index (χ0v) is 14.1. The van der Waals surface area contributed by atoms with E-state index in [1.807, 2.05) is 0 Å². The molecule has 6 nitrogen and oxygen atoms in total. The van der Waals surface area contributed by atoms with Crippen LogP contribution in [0.5, 0.6) is 0 Å². The average Bonchev–Trinajstić information content (AvgIpc) is 2.98. The van der Waals surface area contributed by atoms with Crippen molar-refractivity contribution in [1.82, 2.24) is 20.6 Å². The van der Waals surface area contributed by atoms with Gasteiger partial charge in [0.2, 0.25) is 0 Å². The van der Waals surface area contributed by atoms with Crippen molar-refractivity contribution in [3.8, 4) is 0 Å². The van der Waals surface area contributed by atoms with E-state index in [-0.39, 0.29) is 18.0 Å². The van der Waals surface area contributed by atoms with Gasteiger partial charge in [-0.2, -0.15) is 0 Å². The van der Waals surface area contributed by atoms with E-state index in [2.05, 4.69) is 20.6 Å². The summed E-state index contributed by atoms with van der Waals surface area (Å²) in [5.74, 6) is -1.19. The molecule has 1 aromatic heterocycles. The van der Waals surface area contributed by atoms with E-state index in [4.69, 9.17) is 12.2 Å². The normalized spacial score (nSPS) is 10.6. The summed E-state index contributed by atoms with van der Waals surface area (Å²) in [7, 11) is 1.55. The Morgan fingerprint density at radius 1 is 1.16 bits per heavy atom. The fourth-order valence-electron chi connectivity index (χ4n) is 2.53. The lowest BCUT2D eigenvalue weighted by molar-refractivity contribution is 0.0949. The molecule has 0 atom stereocenters. The fourth-order valence-corrected chi connectivity index (χ4v) is 2.74. The van der Waals surface area contributed by atoms with Crippen molar-refractivity contribution in [2.45, 2.75) is 6.54 Å². The molecular weight excluding hydrogens is 343 g/mol. The number of H-pyrrole nitrogens is 2. The monoisotopic (exact) mass is 358 g/mol. The number of amides is 2. The van der Waals surface area contributed by atoms with Crippen LogP contribution in [0, 0.1) is 10.6 Å². The van der Waals surface area contributed by atoms with Gasteiger partial charge < -0.3 is 20.6 Å². The van der Waals surface area contributed by atoms with Crippen molar-refractivity contribution in [3.63, 3.8) is 0 Å². The Labute approximate surface area is 147 Å². The van der Waals surface area contributed by atoms with Gasteiger partial charge in [0.05, 0.1) is 16.6 Å². The smallest absolute Gasteiger partial charge is 0.253 e. The van der Waals surface area contributed by atoms with E-state index >= 15 is 0 Å². The first kappa shape index (κ1) is 16.8. The number of carbonyl (C=O) groups is 2. The molecule has 3 aromatic rings. The summed E-state index contributed by atoms with van der Waals surface area (Å²) < 4.78 is 14.0. The predicted molar refractivity (Wildman–Crippen MR) is 94.4 cm³/mol. The summed E-state index contributed by atoms with van der Waals surface area (Å²) in [6, 6.07) is 9.31. The van der Waals surface area contributed by atoms with E-state index in [0.29, 0.717) is 21.4 Å². The van der Waals surface area contributed by atoms with Crippen molar-refractivity contribution in [3.05, 3.63) is 63.7 Å². The van der Waals surface area contributed by atoms with Gasteiger partial charge in [-0.15, -0.1) is 0 Å². The van der Waals surface area contributed by atoms with Crippen LogP contribution in [-0.2, 0) is 6.54 Å². The highest BCUT2D eigenvalue weighted by molar-refractivity contribution is 7.71. The largest absolute Gasteiger partial charge is 0.355 e. The SMILES string of the molecule is CNC(=O)c1cccc(CNC(=O)c2cc(F)cc3[nH]c(=S)[nH]c23)c1. The number of imidazole rings is 1. The number of nitrogens with one attached hydrogen (secondary N) is 4. The van der Waals surface area contributed by atoms with Gasteiger partial charge in [-0.3, -0.25) is 9.59 Å². The van der Waals surface area contributed by atoms with E-state index < -0.39 is 11.7 Å². The topological polar surface area (TPSA) is 89.8 Å². The van der Waals surface area contributed by atoms with E-state index in [1.165, 1.54) is 6.07 Å². The number of aromatic amines is 2. The number of halogens is 1. The molecule has 1 heterocycles. The second-order valence-electron chi connectivity index (χ2n) is 5.42. The van der Waals surface area contributed by atoms with Crippen LogP contribution in [0.3, 0.4) is 0 Å². The summed E-state index contributed by atoms with van der Waals surface area (Å²) in [5, 5.41) is 5.27. The van der Waals surface area contributed by atoms with Crippen LogP contribution in [0.15, 0.2) is 36.4 Å². The van der Waals surface area contributed by atoms with Gasteiger partial charge in [-0.25, -0.2) is 4.39 Å². The number of hydrogen-bond acceptors (Lipinski definition) is 3. The van der Waals surface area contributed by atoms with Crippen molar-refractivity contribution in [2.75, 3.05) is 7.05 Å². The first-order valence-electron chi connectivity index (χ1n) is 7.48. The Morgan fingerprint density at radius 3 is 2.72 bits per heavy atom. The molecule has 0 bridgehead atoms. The Morgan fingerprint density at radius 2 is 1.96 bits per heavy atom. The molecule has 128 valence electrons. The molecule has 0 saturated heterocycles. The van der Waals surface area contributed by atoms with Crippen LogP contribution < -0.4 is 10.6 Å². The maximum Gasteiger partial charge on any atom is 0.253 e. The van der Waals surface area contributed by atoms with E-state index in [0.717, 1.165) is 11.6 Å². The van der Waals surface area contributed by atoms with Crippen LogP contribution >= 0.6 is 12.2 Å². The van der Waals surface area contributed by atoms with E-state index in [1.54, 1.807) is 31.3 Å².